The number of rotatable bonds is 1. The third-order valence-corrected chi connectivity index (χ3v) is 3.19. The second-order valence-corrected chi connectivity index (χ2v) is 4.12. The SMILES string of the molecule is CC[C@@H]1COc2cc3ccccc3c(=O)n21. The summed E-state index contributed by atoms with van der Waals surface area (Å²) in [6, 6.07) is 9.79. The summed E-state index contributed by atoms with van der Waals surface area (Å²) >= 11 is 0. The van der Waals surface area contributed by atoms with Crippen LogP contribution in [0.25, 0.3) is 10.8 Å². The molecule has 16 heavy (non-hydrogen) atoms. The fourth-order valence-electron chi connectivity index (χ4n) is 2.26. The Balaban J connectivity index is 2.37. The summed E-state index contributed by atoms with van der Waals surface area (Å²) in [5.74, 6) is 0.704. The average Bonchev–Trinajstić information content (AvgIpc) is 2.72. The Morgan fingerprint density at radius 1 is 1.44 bits per heavy atom. The molecule has 0 saturated carbocycles. The van der Waals surface area contributed by atoms with Crippen molar-refractivity contribution in [2.75, 3.05) is 6.61 Å². The van der Waals surface area contributed by atoms with Crippen LogP contribution < -0.4 is 10.3 Å². The quantitative estimate of drug-likeness (QED) is 0.731. The molecule has 2 heterocycles. The van der Waals surface area contributed by atoms with Crippen molar-refractivity contribution in [2.24, 2.45) is 0 Å². The average molecular weight is 215 g/mol. The highest BCUT2D eigenvalue weighted by molar-refractivity contribution is 5.82. The summed E-state index contributed by atoms with van der Waals surface area (Å²) in [6.07, 6.45) is 0.922. The molecule has 0 saturated heterocycles. The van der Waals surface area contributed by atoms with Crippen molar-refractivity contribution in [1.29, 1.82) is 0 Å². The van der Waals surface area contributed by atoms with Crippen LogP contribution in [-0.4, -0.2) is 11.2 Å². The summed E-state index contributed by atoms with van der Waals surface area (Å²) < 4.78 is 7.33. The molecule has 82 valence electrons. The summed E-state index contributed by atoms with van der Waals surface area (Å²) in [7, 11) is 0. The van der Waals surface area contributed by atoms with E-state index in [-0.39, 0.29) is 11.6 Å². The minimum absolute atomic E-state index is 0.0671. The highest BCUT2D eigenvalue weighted by Gasteiger charge is 2.23. The first-order valence-corrected chi connectivity index (χ1v) is 5.58. The van der Waals surface area contributed by atoms with Crippen molar-refractivity contribution in [3.05, 3.63) is 40.7 Å². The molecular formula is C13H13NO2. The van der Waals surface area contributed by atoms with Gasteiger partial charge in [0.25, 0.3) is 5.56 Å². The molecule has 1 aliphatic rings. The third kappa shape index (κ3) is 1.18. The first-order chi connectivity index (χ1) is 7.81. The summed E-state index contributed by atoms with van der Waals surface area (Å²) in [6.45, 7) is 2.69. The van der Waals surface area contributed by atoms with Gasteiger partial charge in [-0.15, -0.1) is 0 Å². The van der Waals surface area contributed by atoms with E-state index in [0.29, 0.717) is 12.5 Å². The predicted molar refractivity (Wildman–Crippen MR) is 63.0 cm³/mol. The number of hydrogen-bond acceptors (Lipinski definition) is 2. The Morgan fingerprint density at radius 3 is 3.06 bits per heavy atom. The fourth-order valence-corrected chi connectivity index (χ4v) is 2.26. The minimum atomic E-state index is 0.0671. The van der Waals surface area contributed by atoms with Crippen molar-refractivity contribution in [1.82, 2.24) is 4.57 Å². The molecular weight excluding hydrogens is 202 g/mol. The number of nitrogens with zero attached hydrogens (tertiary/aromatic N) is 1. The van der Waals surface area contributed by atoms with E-state index in [2.05, 4.69) is 6.92 Å². The zero-order valence-corrected chi connectivity index (χ0v) is 9.14. The van der Waals surface area contributed by atoms with Crippen LogP contribution >= 0.6 is 0 Å². The number of benzene rings is 1. The van der Waals surface area contributed by atoms with Gasteiger partial charge in [-0.3, -0.25) is 9.36 Å². The third-order valence-electron chi connectivity index (χ3n) is 3.19. The number of hydrogen-bond donors (Lipinski definition) is 0. The van der Waals surface area contributed by atoms with Gasteiger partial charge in [-0.05, 0) is 17.9 Å². The van der Waals surface area contributed by atoms with E-state index in [9.17, 15) is 4.79 Å². The molecule has 3 rings (SSSR count). The minimum Gasteiger partial charge on any atom is -0.477 e. The maximum absolute atomic E-state index is 12.3. The Labute approximate surface area is 93.3 Å². The highest BCUT2D eigenvalue weighted by atomic mass is 16.5. The van der Waals surface area contributed by atoms with Crippen molar-refractivity contribution in [3.63, 3.8) is 0 Å². The van der Waals surface area contributed by atoms with Crippen LogP contribution in [0.4, 0.5) is 0 Å². The summed E-state index contributed by atoms with van der Waals surface area (Å²) in [5, 5.41) is 1.73. The van der Waals surface area contributed by atoms with Crippen LogP contribution in [0.1, 0.15) is 19.4 Å². The molecule has 1 aliphatic heterocycles. The van der Waals surface area contributed by atoms with Gasteiger partial charge >= 0.3 is 0 Å². The van der Waals surface area contributed by atoms with Gasteiger partial charge in [0.2, 0.25) is 0 Å². The van der Waals surface area contributed by atoms with E-state index in [4.69, 9.17) is 4.74 Å². The second-order valence-electron chi connectivity index (χ2n) is 4.12. The number of pyridine rings is 1. The topological polar surface area (TPSA) is 31.2 Å². The number of aromatic nitrogens is 1. The largest absolute Gasteiger partial charge is 0.477 e. The molecule has 0 aliphatic carbocycles. The Kier molecular flexibility index (Phi) is 1.99. The van der Waals surface area contributed by atoms with Crippen molar-refractivity contribution < 1.29 is 4.74 Å². The van der Waals surface area contributed by atoms with Crippen LogP contribution in [0.15, 0.2) is 35.1 Å². The molecule has 0 N–H and O–H groups in total. The van der Waals surface area contributed by atoms with Gasteiger partial charge in [0.05, 0.1) is 6.04 Å². The zero-order valence-electron chi connectivity index (χ0n) is 9.14. The molecule has 0 unspecified atom stereocenters. The molecule has 0 fully saturated rings. The van der Waals surface area contributed by atoms with Gasteiger partial charge in [0.15, 0.2) is 5.88 Å². The molecule has 2 aromatic rings. The predicted octanol–water partition coefficient (Wildman–Crippen LogP) is 2.34. The van der Waals surface area contributed by atoms with E-state index in [1.807, 2.05) is 30.3 Å². The molecule has 1 aromatic heterocycles. The van der Waals surface area contributed by atoms with Crippen molar-refractivity contribution >= 4 is 10.8 Å². The van der Waals surface area contributed by atoms with Gasteiger partial charge in [-0.2, -0.15) is 0 Å². The smallest absolute Gasteiger partial charge is 0.261 e. The lowest BCUT2D eigenvalue weighted by Crippen LogP contribution is -2.21. The van der Waals surface area contributed by atoms with E-state index in [1.165, 1.54) is 0 Å². The standard InChI is InChI=1S/C13H13NO2/c1-2-10-8-16-12-7-9-5-3-4-6-11(9)13(15)14(10)12/h3-7,10H,2,8H2,1H3/t10-/m1/s1. The van der Waals surface area contributed by atoms with Gasteiger partial charge in [-0.25, -0.2) is 0 Å². The van der Waals surface area contributed by atoms with E-state index in [1.54, 1.807) is 4.57 Å². The lowest BCUT2D eigenvalue weighted by Gasteiger charge is -2.09. The van der Waals surface area contributed by atoms with Crippen LogP contribution in [0.3, 0.4) is 0 Å². The van der Waals surface area contributed by atoms with Gasteiger partial charge in [0.1, 0.15) is 6.61 Å². The van der Waals surface area contributed by atoms with Crippen LogP contribution in [0.5, 0.6) is 5.88 Å². The van der Waals surface area contributed by atoms with Crippen molar-refractivity contribution in [2.45, 2.75) is 19.4 Å². The Morgan fingerprint density at radius 2 is 2.25 bits per heavy atom. The summed E-state index contributed by atoms with van der Waals surface area (Å²) in [4.78, 5) is 12.3. The second kappa shape index (κ2) is 3.37. The summed E-state index contributed by atoms with van der Waals surface area (Å²) in [5.41, 5.74) is 0.0671. The fraction of sp³-hybridized carbons (Fsp3) is 0.308. The molecule has 1 atom stereocenters. The number of ether oxygens (including phenoxy) is 1. The molecule has 3 nitrogen and oxygen atoms in total. The van der Waals surface area contributed by atoms with Crippen LogP contribution in [-0.2, 0) is 0 Å². The molecule has 0 amide bonds. The lowest BCUT2D eigenvalue weighted by molar-refractivity contribution is 0.324. The van der Waals surface area contributed by atoms with Crippen LogP contribution in [0, 0.1) is 0 Å². The van der Waals surface area contributed by atoms with Gasteiger partial charge in [-0.1, -0.05) is 25.1 Å². The maximum atomic E-state index is 12.3. The maximum Gasteiger partial charge on any atom is 0.261 e. The van der Waals surface area contributed by atoms with E-state index in [0.717, 1.165) is 17.2 Å². The molecule has 0 spiro atoms. The Bertz CT molecular complexity index is 600. The van der Waals surface area contributed by atoms with E-state index >= 15 is 0 Å². The van der Waals surface area contributed by atoms with Gasteiger partial charge in [0, 0.05) is 11.5 Å². The lowest BCUT2D eigenvalue weighted by atomic mass is 10.1. The monoisotopic (exact) mass is 215 g/mol. The molecule has 1 aromatic carbocycles. The normalized spacial score (nSPS) is 18.4. The first kappa shape index (κ1) is 9.46. The first-order valence-electron chi connectivity index (χ1n) is 5.58. The van der Waals surface area contributed by atoms with Crippen LogP contribution in [0.2, 0.25) is 0 Å². The van der Waals surface area contributed by atoms with E-state index < -0.39 is 0 Å². The number of fused-ring (bicyclic) bond motifs is 2. The Hall–Kier alpha value is -1.77. The molecule has 3 heteroatoms. The molecule has 0 bridgehead atoms. The molecule has 0 radical (unpaired) electrons. The van der Waals surface area contributed by atoms with Crippen molar-refractivity contribution in [3.8, 4) is 5.88 Å². The van der Waals surface area contributed by atoms with Gasteiger partial charge < -0.3 is 4.74 Å². The zero-order chi connectivity index (χ0) is 11.1. The highest BCUT2D eigenvalue weighted by Crippen LogP contribution is 2.28.